The van der Waals surface area contributed by atoms with E-state index in [9.17, 15) is 0 Å². The fourth-order valence-electron chi connectivity index (χ4n) is 5.13. The third-order valence-corrected chi connectivity index (χ3v) is 12.5. The van der Waals surface area contributed by atoms with E-state index in [1.165, 1.54) is 70.3 Å². The highest BCUT2D eigenvalue weighted by molar-refractivity contribution is 6.76. The van der Waals surface area contributed by atoms with Gasteiger partial charge in [-0.25, -0.2) is 0 Å². The van der Waals surface area contributed by atoms with Gasteiger partial charge in [0.2, 0.25) is 0 Å². The fourth-order valence-corrected chi connectivity index (χ4v) is 11.0. The molecule has 0 aromatic heterocycles. The van der Waals surface area contributed by atoms with Gasteiger partial charge in [-0.1, -0.05) is 85.0 Å². The van der Waals surface area contributed by atoms with Gasteiger partial charge in [-0.05, 0) is 29.0 Å². The Morgan fingerprint density at radius 1 is 0.810 bits per heavy atom. The van der Waals surface area contributed by atoms with Gasteiger partial charge >= 0.3 is 0 Å². The van der Waals surface area contributed by atoms with Crippen molar-refractivity contribution in [2.75, 3.05) is 7.11 Å². The smallest absolute Gasteiger partial charge is 0.198 e. The van der Waals surface area contributed by atoms with E-state index in [4.69, 9.17) is 4.43 Å². The maximum absolute atomic E-state index is 6.53. The predicted molar refractivity (Wildman–Crippen MR) is 95.2 cm³/mol. The SMILES string of the molecule is CCCC[Si](OC)(C1CCC(C)CC1)C1CCC(C)CC1. The average molecular weight is 311 g/mol. The summed E-state index contributed by atoms with van der Waals surface area (Å²) in [5, 5.41) is 0. The van der Waals surface area contributed by atoms with Crippen LogP contribution in [0.3, 0.4) is 0 Å². The molecule has 0 spiro atoms. The Balaban J connectivity index is 2.12. The van der Waals surface area contributed by atoms with Crippen molar-refractivity contribution in [3.05, 3.63) is 0 Å². The van der Waals surface area contributed by atoms with Crippen molar-refractivity contribution in [2.45, 2.75) is 102 Å². The van der Waals surface area contributed by atoms with Crippen molar-refractivity contribution in [2.24, 2.45) is 11.8 Å². The standard InChI is InChI=1S/C19H38OSi/c1-5-6-15-21(20-4,18-11-7-16(2)8-12-18)19-13-9-17(3)10-14-19/h16-19H,5-15H2,1-4H3. The number of hydrogen-bond acceptors (Lipinski definition) is 1. The summed E-state index contributed by atoms with van der Waals surface area (Å²) in [7, 11) is 0.533. The Hall–Kier alpha value is 0.177. The molecular formula is C19H38OSi. The lowest BCUT2D eigenvalue weighted by Gasteiger charge is -2.47. The minimum atomic E-state index is -1.55. The Kier molecular flexibility index (Phi) is 6.80. The van der Waals surface area contributed by atoms with Crippen LogP contribution < -0.4 is 0 Å². The first-order valence-electron chi connectivity index (χ1n) is 9.67. The van der Waals surface area contributed by atoms with Crippen LogP contribution >= 0.6 is 0 Å². The zero-order valence-electron chi connectivity index (χ0n) is 15.0. The molecular weight excluding hydrogens is 272 g/mol. The van der Waals surface area contributed by atoms with Crippen LogP contribution in [-0.2, 0) is 4.43 Å². The second-order valence-corrected chi connectivity index (χ2v) is 12.6. The highest BCUT2D eigenvalue weighted by Crippen LogP contribution is 2.52. The topological polar surface area (TPSA) is 9.23 Å². The van der Waals surface area contributed by atoms with Crippen LogP contribution in [0.4, 0.5) is 0 Å². The quantitative estimate of drug-likeness (QED) is 0.506. The van der Waals surface area contributed by atoms with E-state index < -0.39 is 8.32 Å². The third kappa shape index (κ3) is 4.13. The summed E-state index contributed by atoms with van der Waals surface area (Å²) >= 11 is 0. The van der Waals surface area contributed by atoms with Crippen LogP contribution in [0.25, 0.3) is 0 Å². The molecule has 124 valence electrons. The minimum Gasteiger partial charge on any atom is -0.419 e. The Labute approximate surface area is 134 Å². The molecule has 2 heteroatoms. The molecule has 0 atom stereocenters. The lowest BCUT2D eigenvalue weighted by atomic mass is 9.90. The number of unbranched alkanes of at least 4 members (excludes halogenated alkanes) is 1. The summed E-state index contributed by atoms with van der Waals surface area (Å²) in [5.41, 5.74) is 1.92. The normalized spacial score (nSPS) is 37.1. The van der Waals surface area contributed by atoms with Crippen LogP contribution in [0.5, 0.6) is 0 Å². The molecule has 1 nitrogen and oxygen atoms in total. The van der Waals surface area contributed by atoms with Gasteiger partial charge in [0.05, 0.1) is 0 Å². The first-order valence-corrected chi connectivity index (χ1v) is 11.9. The van der Waals surface area contributed by atoms with Crippen LogP contribution in [0.2, 0.25) is 17.1 Å². The second-order valence-electron chi connectivity index (χ2n) is 8.18. The lowest BCUT2D eigenvalue weighted by Crippen LogP contribution is -2.49. The van der Waals surface area contributed by atoms with Crippen LogP contribution in [0, 0.1) is 11.8 Å². The van der Waals surface area contributed by atoms with E-state index in [2.05, 4.69) is 27.9 Å². The van der Waals surface area contributed by atoms with Crippen LogP contribution in [0.1, 0.15) is 85.0 Å². The van der Waals surface area contributed by atoms with Gasteiger partial charge in [0.25, 0.3) is 0 Å². The van der Waals surface area contributed by atoms with E-state index >= 15 is 0 Å². The third-order valence-electron chi connectivity index (χ3n) is 6.71. The summed E-state index contributed by atoms with van der Waals surface area (Å²) in [6.07, 6.45) is 14.4. The van der Waals surface area contributed by atoms with Gasteiger partial charge in [0.15, 0.2) is 8.32 Å². The fraction of sp³-hybridized carbons (Fsp3) is 1.00. The highest BCUT2D eigenvalue weighted by Gasteiger charge is 2.49. The number of rotatable bonds is 6. The molecule has 0 saturated heterocycles. The van der Waals surface area contributed by atoms with E-state index in [0.717, 1.165) is 22.9 Å². The molecule has 2 aliphatic carbocycles. The summed E-state index contributed by atoms with van der Waals surface area (Å²) < 4.78 is 6.53. The molecule has 2 rings (SSSR count). The van der Waals surface area contributed by atoms with Gasteiger partial charge in [-0.15, -0.1) is 0 Å². The first-order chi connectivity index (χ1) is 10.1. The Bertz CT molecular complexity index is 266. The Morgan fingerprint density at radius 2 is 1.24 bits per heavy atom. The van der Waals surface area contributed by atoms with E-state index in [-0.39, 0.29) is 0 Å². The molecule has 0 aliphatic heterocycles. The second kappa shape index (κ2) is 8.15. The van der Waals surface area contributed by atoms with Crippen molar-refractivity contribution < 1.29 is 4.43 Å². The molecule has 21 heavy (non-hydrogen) atoms. The van der Waals surface area contributed by atoms with Crippen LogP contribution in [-0.4, -0.2) is 15.4 Å². The maximum atomic E-state index is 6.53. The maximum Gasteiger partial charge on any atom is 0.198 e. The first kappa shape index (κ1) is 17.5. The molecule has 2 saturated carbocycles. The Morgan fingerprint density at radius 3 is 1.57 bits per heavy atom. The lowest BCUT2D eigenvalue weighted by molar-refractivity contribution is 0.283. The van der Waals surface area contributed by atoms with Crippen LogP contribution in [0.15, 0.2) is 0 Å². The molecule has 0 aromatic rings. The van der Waals surface area contributed by atoms with E-state index in [0.29, 0.717) is 0 Å². The molecule has 2 fully saturated rings. The number of hydrogen-bond donors (Lipinski definition) is 0. The van der Waals surface area contributed by atoms with Crippen molar-refractivity contribution in [3.8, 4) is 0 Å². The van der Waals surface area contributed by atoms with Gasteiger partial charge in [-0.3, -0.25) is 0 Å². The van der Waals surface area contributed by atoms with Gasteiger partial charge in [0.1, 0.15) is 0 Å². The van der Waals surface area contributed by atoms with E-state index in [1.54, 1.807) is 0 Å². The zero-order valence-corrected chi connectivity index (χ0v) is 16.0. The summed E-state index contributed by atoms with van der Waals surface area (Å²) in [5.74, 6) is 1.92. The van der Waals surface area contributed by atoms with Gasteiger partial charge in [0, 0.05) is 7.11 Å². The highest BCUT2D eigenvalue weighted by atomic mass is 28.4. The molecule has 0 unspecified atom stereocenters. The molecule has 0 N–H and O–H groups in total. The van der Waals surface area contributed by atoms with Gasteiger partial charge < -0.3 is 4.43 Å². The van der Waals surface area contributed by atoms with Crippen molar-refractivity contribution in [1.82, 2.24) is 0 Å². The molecule has 0 bridgehead atoms. The van der Waals surface area contributed by atoms with Crippen molar-refractivity contribution >= 4 is 8.32 Å². The van der Waals surface area contributed by atoms with Gasteiger partial charge in [-0.2, -0.15) is 0 Å². The van der Waals surface area contributed by atoms with Crippen molar-refractivity contribution in [1.29, 1.82) is 0 Å². The molecule has 0 aromatic carbocycles. The summed E-state index contributed by atoms with van der Waals surface area (Å²) in [4.78, 5) is 0. The van der Waals surface area contributed by atoms with Crippen molar-refractivity contribution in [3.63, 3.8) is 0 Å². The molecule has 0 radical (unpaired) electrons. The monoisotopic (exact) mass is 310 g/mol. The minimum absolute atomic E-state index is 0.961. The molecule has 2 aliphatic rings. The molecule has 0 heterocycles. The summed E-state index contributed by atoms with van der Waals surface area (Å²) in [6.45, 7) is 7.24. The average Bonchev–Trinajstić information content (AvgIpc) is 2.51. The zero-order chi connectivity index (χ0) is 15.3. The predicted octanol–water partition coefficient (Wildman–Crippen LogP) is 6.54. The summed E-state index contributed by atoms with van der Waals surface area (Å²) in [6, 6.07) is 1.44. The largest absolute Gasteiger partial charge is 0.419 e. The van der Waals surface area contributed by atoms with E-state index in [1.807, 2.05) is 0 Å². The molecule has 0 amide bonds.